The molecule has 1 amide bonds. The zero-order valence-corrected chi connectivity index (χ0v) is 13.9. The van der Waals surface area contributed by atoms with Crippen LogP contribution < -0.4 is 14.8 Å². The molecular weight excluding hydrogens is 306 g/mol. The highest BCUT2D eigenvalue weighted by Gasteiger charge is 2.17. The van der Waals surface area contributed by atoms with Crippen molar-refractivity contribution in [3.63, 3.8) is 0 Å². The Morgan fingerprint density at radius 3 is 2.54 bits per heavy atom. The van der Waals surface area contributed by atoms with Gasteiger partial charge in [0.05, 0.1) is 14.2 Å². The first-order chi connectivity index (χ1) is 11.6. The van der Waals surface area contributed by atoms with Crippen LogP contribution in [-0.2, 0) is 6.54 Å². The Morgan fingerprint density at radius 2 is 1.83 bits per heavy atom. The molecule has 0 atom stereocenters. The Labute approximate surface area is 140 Å². The summed E-state index contributed by atoms with van der Waals surface area (Å²) in [7, 11) is 3.17. The predicted molar refractivity (Wildman–Crippen MR) is 91.7 cm³/mol. The van der Waals surface area contributed by atoms with Gasteiger partial charge >= 0.3 is 0 Å². The van der Waals surface area contributed by atoms with Crippen LogP contribution in [0.2, 0.25) is 0 Å². The van der Waals surface area contributed by atoms with Crippen LogP contribution in [0.1, 0.15) is 21.7 Å². The number of ether oxygens (including phenoxy) is 2. The lowest BCUT2D eigenvalue weighted by atomic mass is 10.1. The van der Waals surface area contributed by atoms with Crippen molar-refractivity contribution in [3.05, 3.63) is 59.4 Å². The second kappa shape index (κ2) is 6.66. The first-order valence-corrected chi connectivity index (χ1v) is 7.61. The molecule has 3 aromatic rings. The fraction of sp³-hybridized carbons (Fsp3) is 0.211. The molecule has 0 bridgehead atoms. The summed E-state index contributed by atoms with van der Waals surface area (Å²) < 4.78 is 16.2. The molecule has 0 fully saturated rings. The van der Waals surface area contributed by atoms with E-state index >= 15 is 0 Å². The molecule has 1 aromatic heterocycles. The number of hydrogen-bond donors (Lipinski definition) is 1. The highest BCUT2D eigenvalue weighted by molar-refractivity contribution is 5.98. The average Bonchev–Trinajstić information content (AvgIpc) is 2.96. The highest BCUT2D eigenvalue weighted by atomic mass is 16.5. The molecule has 0 saturated heterocycles. The van der Waals surface area contributed by atoms with Gasteiger partial charge in [-0.15, -0.1) is 0 Å². The van der Waals surface area contributed by atoms with Gasteiger partial charge in [-0.2, -0.15) is 0 Å². The Hall–Kier alpha value is -2.95. The maximum Gasteiger partial charge on any atom is 0.287 e. The monoisotopic (exact) mass is 325 g/mol. The molecule has 1 heterocycles. The molecule has 1 N–H and O–H groups in total. The van der Waals surface area contributed by atoms with E-state index in [4.69, 9.17) is 13.9 Å². The molecule has 24 heavy (non-hydrogen) atoms. The first kappa shape index (κ1) is 15.9. The minimum Gasteiger partial charge on any atom is -0.493 e. The number of hydrogen-bond acceptors (Lipinski definition) is 4. The normalized spacial score (nSPS) is 10.6. The van der Waals surface area contributed by atoms with Crippen molar-refractivity contribution in [2.45, 2.75) is 13.5 Å². The third-order valence-electron chi connectivity index (χ3n) is 3.95. The van der Waals surface area contributed by atoms with E-state index in [9.17, 15) is 4.79 Å². The average molecular weight is 325 g/mol. The van der Waals surface area contributed by atoms with E-state index in [1.807, 2.05) is 49.4 Å². The van der Waals surface area contributed by atoms with Crippen LogP contribution in [0.25, 0.3) is 11.0 Å². The van der Waals surface area contributed by atoms with Gasteiger partial charge in [0.25, 0.3) is 5.91 Å². The largest absolute Gasteiger partial charge is 0.493 e. The maximum atomic E-state index is 12.4. The van der Waals surface area contributed by atoms with Gasteiger partial charge in [-0.05, 0) is 30.7 Å². The molecular formula is C19H19NO4. The van der Waals surface area contributed by atoms with E-state index < -0.39 is 0 Å². The number of para-hydroxylation sites is 1. The molecule has 0 aliphatic rings. The van der Waals surface area contributed by atoms with Crippen LogP contribution in [0.3, 0.4) is 0 Å². The van der Waals surface area contributed by atoms with Gasteiger partial charge in [0.1, 0.15) is 5.58 Å². The minimum absolute atomic E-state index is 0.238. The Bertz CT molecular complexity index is 882. The lowest BCUT2D eigenvalue weighted by molar-refractivity contribution is 0.0924. The number of furan rings is 1. The number of amides is 1. The number of carbonyl (C=O) groups is 1. The summed E-state index contributed by atoms with van der Waals surface area (Å²) in [5, 5.41) is 3.83. The molecule has 0 spiro atoms. The van der Waals surface area contributed by atoms with Crippen molar-refractivity contribution in [2.24, 2.45) is 0 Å². The van der Waals surface area contributed by atoms with Crippen LogP contribution in [0.4, 0.5) is 0 Å². The van der Waals surface area contributed by atoms with Gasteiger partial charge in [0.15, 0.2) is 17.3 Å². The van der Waals surface area contributed by atoms with E-state index in [1.165, 1.54) is 0 Å². The van der Waals surface area contributed by atoms with Crippen molar-refractivity contribution >= 4 is 16.9 Å². The van der Waals surface area contributed by atoms with Crippen molar-refractivity contribution in [2.75, 3.05) is 14.2 Å². The minimum atomic E-state index is -0.238. The zero-order valence-electron chi connectivity index (χ0n) is 13.9. The molecule has 0 radical (unpaired) electrons. The molecule has 0 saturated carbocycles. The number of nitrogens with one attached hydrogen (secondary N) is 1. The molecule has 124 valence electrons. The van der Waals surface area contributed by atoms with E-state index in [0.717, 1.165) is 16.5 Å². The van der Waals surface area contributed by atoms with Crippen LogP contribution in [0, 0.1) is 6.92 Å². The van der Waals surface area contributed by atoms with Crippen LogP contribution >= 0.6 is 0 Å². The summed E-state index contributed by atoms with van der Waals surface area (Å²) in [6.07, 6.45) is 0. The molecule has 0 unspecified atom stereocenters. The molecule has 2 aromatic carbocycles. The fourth-order valence-corrected chi connectivity index (χ4v) is 2.64. The summed E-state index contributed by atoms with van der Waals surface area (Å²) in [6.45, 7) is 2.26. The summed E-state index contributed by atoms with van der Waals surface area (Å²) >= 11 is 0. The van der Waals surface area contributed by atoms with Crippen molar-refractivity contribution in [3.8, 4) is 11.5 Å². The van der Waals surface area contributed by atoms with Crippen molar-refractivity contribution in [1.29, 1.82) is 0 Å². The van der Waals surface area contributed by atoms with Crippen LogP contribution in [0.5, 0.6) is 11.5 Å². The third-order valence-corrected chi connectivity index (χ3v) is 3.95. The summed E-state index contributed by atoms with van der Waals surface area (Å²) in [5.41, 5.74) is 2.47. The summed E-state index contributed by atoms with van der Waals surface area (Å²) in [6, 6.07) is 13.1. The number of carbonyl (C=O) groups excluding carboxylic acids is 1. The zero-order chi connectivity index (χ0) is 17.1. The van der Waals surface area contributed by atoms with Crippen molar-refractivity contribution < 1.29 is 18.7 Å². The summed E-state index contributed by atoms with van der Waals surface area (Å²) in [4.78, 5) is 12.4. The van der Waals surface area contributed by atoms with E-state index in [0.29, 0.717) is 29.4 Å². The number of rotatable bonds is 5. The summed E-state index contributed by atoms with van der Waals surface area (Å²) in [5.74, 6) is 1.39. The molecule has 5 heteroatoms. The second-order valence-electron chi connectivity index (χ2n) is 5.42. The topological polar surface area (TPSA) is 60.7 Å². The number of benzene rings is 2. The molecule has 0 aliphatic carbocycles. The fourth-order valence-electron chi connectivity index (χ4n) is 2.64. The Morgan fingerprint density at radius 1 is 1.08 bits per heavy atom. The molecule has 3 rings (SSSR count). The molecule has 0 aliphatic heterocycles. The van der Waals surface area contributed by atoms with Gasteiger partial charge in [0, 0.05) is 17.5 Å². The lowest BCUT2D eigenvalue weighted by Crippen LogP contribution is -2.23. The van der Waals surface area contributed by atoms with E-state index in [1.54, 1.807) is 14.2 Å². The van der Waals surface area contributed by atoms with Crippen LogP contribution in [-0.4, -0.2) is 20.1 Å². The first-order valence-electron chi connectivity index (χ1n) is 7.61. The van der Waals surface area contributed by atoms with Gasteiger partial charge in [-0.3, -0.25) is 4.79 Å². The van der Waals surface area contributed by atoms with Gasteiger partial charge in [-0.1, -0.05) is 24.3 Å². The third kappa shape index (κ3) is 2.93. The second-order valence-corrected chi connectivity index (χ2v) is 5.42. The van der Waals surface area contributed by atoms with E-state index in [-0.39, 0.29) is 5.91 Å². The predicted octanol–water partition coefficient (Wildman–Crippen LogP) is 3.69. The highest BCUT2D eigenvalue weighted by Crippen LogP contribution is 2.28. The number of aryl methyl sites for hydroxylation is 1. The Kier molecular flexibility index (Phi) is 4.42. The van der Waals surface area contributed by atoms with Gasteiger partial charge in [0.2, 0.25) is 0 Å². The van der Waals surface area contributed by atoms with Gasteiger partial charge < -0.3 is 19.2 Å². The SMILES string of the molecule is COc1ccc(CNC(=O)c2oc3ccccc3c2C)cc1OC. The lowest BCUT2D eigenvalue weighted by Gasteiger charge is -2.10. The number of fused-ring (bicyclic) bond motifs is 1. The quantitative estimate of drug-likeness (QED) is 0.777. The standard InChI is InChI=1S/C19H19NO4/c1-12-14-6-4-5-7-15(14)24-18(12)19(21)20-11-13-8-9-16(22-2)17(10-13)23-3/h4-10H,11H2,1-3H3,(H,20,21). The van der Waals surface area contributed by atoms with Crippen molar-refractivity contribution in [1.82, 2.24) is 5.32 Å². The molecule has 5 nitrogen and oxygen atoms in total. The van der Waals surface area contributed by atoms with E-state index in [2.05, 4.69) is 5.32 Å². The smallest absolute Gasteiger partial charge is 0.287 e. The van der Waals surface area contributed by atoms with Crippen LogP contribution in [0.15, 0.2) is 46.9 Å². The number of methoxy groups -OCH3 is 2. The van der Waals surface area contributed by atoms with Gasteiger partial charge in [-0.25, -0.2) is 0 Å². The Balaban J connectivity index is 1.76. The maximum absolute atomic E-state index is 12.4.